The Morgan fingerprint density at radius 3 is 2.81 bits per heavy atom. The summed E-state index contributed by atoms with van der Waals surface area (Å²) in [6.45, 7) is 1.87. The Hall–Kier alpha value is -3.02. The first-order valence-corrected chi connectivity index (χ1v) is 9.11. The van der Waals surface area contributed by atoms with E-state index in [-0.39, 0.29) is 6.61 Å². The van der Waals surface area contributed by atoms with Gasteiger partial charge in [-0.1, -0.05) is 22.0 Å². The average molecular weight is 423 g/mol. The van der Waals surface area contributed by atoms with Gasteiger partial charge in [0.1, 0.15) is 18.2 Å². The molecule has 134 valence electrons. The van der Waals surface area contributed by atoms with Crippen LogP contribution in [0.3, 0.4) is 0 Å². The fraction of sp³-hybridized carbons (Fsp3) is 0.158. The second kappa shape index (κ2) is 6.95. The normalized spacial score (nSPS) is 11.0. The van der Waals surface area contributed by atoms with Crippen LogP contribution in [-0.4, -0.2) is 36.0 Å². The number of imidazole rings is 1. The molecule has 7 nitrogen and oxygen atoms in total. The van der Waals surface area contributed by atoms with Crippen LogP contribution in [0.15, 0.2) is 47.2 Å². The Labute approximate surface area is 163 Å². The predicted octanol–water partition coefficient (Wildman–Crippen LogP) is 3.08. The molecule has 8 heteroatoms. The first-order valence-electron chi connectivity index (χ1n) is 8.31. The van der Waals surface area contributed by atoms with Gasteiger partial charge in [0.15, 0.2) is 11.5 Å². The van der Waals surface area contributed by atoms with Crippen LogP contribution >= 0.6 is 15.9 Å². The summed E-state index contributed by atoms with van der Waals surface area (Å²) in [6.07, 6.45) is 2.17. The molecule has 0 aliphatic rings. The second-order valence-corrected chi connectivity index (χ2v) is 6.98. The summed E-state index contributed by atoms with van der Waals surface area (Å²) in [5, 5.41) is 22.9. The molecule has 0 unspecified atom stereocenters. The minimum absolute atomic E-state index is 0.00147. The van der Waals surface area contributed by atoms with Gasteiger partial charge >= 0.3 is 0 Å². The number of aryl methyl sites for hydroxylation is 1. The van der Waals surface area contributed by atoms with Gasteiger partial charge in [0.2, 0.25) is 0 Å². The van der Waals surface area contributed by atoms with Crippen LogP contribution in [0.4, 0.5) is 0 Å². The number of benzene rings is 1. The molecule has 4 aromatic rings. The number of halogens is 1. The maximum absolute atomic E-state index is 9.40. The Balaban J connectivity index is 1.90. The van der Waals surface area contributed by atoms with Crippen molar-refractivity contribution < 1.29 is 5.11 Å². The van der Waals surface area contributed by atoms with Crippen LogP contribution in [0.2, 0.25) is 0 Å². The van der Waals surface area contributed by atoms with Gasteiger partial charge in [0.05, 0.1) is 11.0 Å². The van der Waals surface area contributed by atoms with Crippen molar-refractivity contribution in [3.8, 4) is 17.7 Å². The van der Waals surface area contributed by atoms with E-state index in [1.54, 1.807) is 17.1 Å². The van der Waals surface area contributed by atoms with Crippen molar-refractivity contribution in [3.63, 3.8) is 0 Å². The first-order chi connectivity index (χ1) is 13.1. The monoisotopic (exact) mass is 422 g/mol. The largest absolute Gasteiger partial charge is 0.396 e. The smallest absolute Gasteiger partial charge is 0.163 e. The van der Waals surface area contributed by atoms with Gasteiger partial charge in [-0.2, -0.15) is 10.4 Å². The summed E-state index contributed by atoms with van der Waals surface area (Å²) >= 11 is 3.46. The molecule has 1 N–H and O–H groups in total. The molecular weight excluding hydrogens is 408 g/mol. The second-order valence-electron chi connectivity index (χ2n) is 6.07. The molecule has 0 saturated carbocycles. The average Bonchev–Trinajstić information content (AvgIpc) is 3.25. The maximum atomic E-state index is 9.40. The van der Waals surface area contributed by atoms with Gasteiger partial charge < -0.3 is 5.11 Å². The molecule has 4 rings (SSSR count). The lowest BCUT2D eigenvalue weighted by atomic mass is 10.2. The van der Waals surface area contributed by atoms with Crippen LogP contribution in [0, 0.1) is 18.3 Å². The SMILES string of the molecule is Cc1cc(C#N)nn1-c1nc(-n2cnc3cc(Br)ccc32)ccc1CCO. The fourth-order valence-corrected chi connectivity index (χ4v) is 3.36. The van der Waals surface area contributed by atoms with Crippen LogP contribution in [0.25, 0.3) is 22.7 Å². The Kier molecular flexibility index (Phi) is 4.48. The van der Waals surface area contributed by atoms with Crippen molar-refractivity contribution >= 4 is 27.0 Å². The topological polar surface area (TPSA) is 92.5 Å². The third kappa shape index (κ3) is 3.12. The van der Waals surface area contributed by atoms with Crippen LogP contribution in [0.1, 0.15) is 17.0 Å². The molecule has 0 bridgehead atoms. The molecule has 0 aliphatic heterocycles. The number of hydrogen-bond donors (Lipinski definition) is 1. The number of aliphatic hydroxyl groups excluding tert-OH is 1. The summed E-state index contributed by atoms with van der Waals surface area (Å²) < 4.78 is 4.50. The van der Waals surface area contributed by atoms with E-state index in [4.69, 9.17) is 10.2 Å². The molecule has 1 aromatic carbocycles. The molecule has 0 amide bonds. The Morgan fingerprint density at radius 1 is 1.22 bits per heavy atom. The van der Waals surface area contributed by atoms with Crippen molar-refractivity contribution in [2.45, 2.75) is 13.3 Å². The third-order valence-electron chi connectivity index (χ3n) is 4.28. The van der Waals surface area contributed by atoms with Crippen molar-refractivity contribution in [2.75, 3.05) is 6.61 Å². The zero-order chi connectivity index (χ0) is 19.0. The lowest BCUT2D eigenvalue weighted by Gasteiger charge is -2.12. The summed E-state index contributed by atoms with van der Waals surface area (Å²) in [4.78, 5) is 9.22. The minimum atomic E-state index is 0.00147. The number of pyridine rings is 1. The highest BCUT2D eigenvalue weighted by molar-refractivity contribution is 9.10. The number of aromatic nitrogens is 5. The van der Waals surface area contributed by atoms with Gasteiger partial charge in [-0.05, 0) is 49.2 Å². The van der Waals surface area contributed by atoms with Gasteiger partial charge in [-0.15, -0.1) is 0 Å². The van der Waals surface area contributed by atoms with Crippen LogP contribution in [0.5, 0.6) is 0 Å². The quantitative estimate of drug-likeness (QED) is 0.545. The van der Waals surface area contributed by atoms with Crippen molar-refractivity contribution in [1.82, 2.24) is 24.3 Å². The highest BCUT2D eigenvalue weighted by Crippen LogP contribution is 2.23. The highest BCUT2D eigenvalue weighted by atomic mass is 79.9. The third-order valence-corrected chi connectivity index (χ3v) is 4.77. The summed E-state index contributed by atoms with van der Waals surface area (Å²) in [5.74, 6) is 1.28. The van der Waals surface area contributed by atoms with Crippen molar-refractivity contribution in [3.05, 3.63) is 64.1 Å². The minimum Gasteiger partial charge on any atom is -0.396 e. The zero-order valence-electron chi connectivity index (χ0n) is 14.5. The molecule has 0 spiro atoms. The van der Waals surface area contributed by atoms with Gasteiger partial charge in [0.25, 0.3) is 0 Å². The van der Waals surface area contributed by atoms with E-state index in [0.717, 1.165) is 26.8 Å². The van der Waals surface area contributed by atoms with Crippen molar-refractivity contribution in [2.24, 2.45) is 0 Å². The molecule has 0 atom stereocenters. The van der Waals surface area contributed by atoms with E-state index in [9.17, 15) is 5.11 Å². The molecule has 0 aliphatic carbocycles. The molecular formula is C19H15BrN6O. The van der Waals surface area contributed by atoms with Crippen LogP contribution in [-0.2, 0) is 6.42 Å². The van der Waals surface area contributed by atoms with Crippen molar-refractivity contribution in [1.29, 1.82) is 5.26 Å². The van der Waals surface area contributed by atoms with E-state index in [0.29, 0.717) is 23.8 Å². The van der Waals surface area contributed by atoms with E-state index in [1.165, 1.54) is 0 Å². The molecule has 0 saturated heterocycles. The van der Waals surface area contributed by atoms with E-state index in [2.05, 4.69) is 32.1 Å². The molecule has 3 heterocycles. The number of aliphatic hydroxyl groups is 1. The van der Waals surface area contributed by atoms with Gasteiger partial charge in [-0.25, -0.2) is 14.6 Å². The Morgan fingerprint density at radius 2 is 2.07 bits per heavy atom. The first kappa shape index (κ1) is 17.4. The molecule has 27 heavy (non-hydrogen) atoms. The molecule has 3 aromatic heterocycles. The van der Waals surface area contributed by atoms with E-state index in [1.807, 2.05) is 41.8 Å². The maximum Gasteiger partial charge on any atom is 0.163 e. The number of hydrogen-bond acceptors (Lipinski definition) is 5. The van der Waals surface area contributed by atoms with Gasteiger partial charge in [0, 0.05) is 16.8 Å². The molecule has 0 fully saturated rings. The lowest BCUT2D eigenvalue weighted by molar-refractivity contribution is 0.299. The Bertz CT molecular complexity index is 1190. The molecule has 0 radical (unpaired) electrons. The van der Waals surface area contributed by atoms with Gasteiger partial charge in [-0.3, -0.25) is 4.57 Å². The standard InChI is InChI=1S/C19H15BrN6O/c1-12-8-15(10-21)24-26(12)19-13(6-7-27)2-5-18(23-19)25-11-22-16-9-14(20)3-4-17(16)25/h2-5,8-9,11,27H,6-7H2,1H3. The van der Waals surface area contributed by atoms with Crippen LogP contribution < -0.4 is 0 Å². The number of fused-ring (bicyclic) bond motifs is 1. The predicted molar refractivity (Wildman–Crippen MR) is 104 cm³/mol. The summed E-state index contributed by atoms with van der Waals surface area (Å²) in [7, 11) is 0. The zero-order valence-corrected chi connectivity index (χ0v) is 16.1. The van der Waals surface area contributed by atoms with E-state index >= 15 is 0 Å². The number of nitriles is 1. The van der Waals surface area contributed by atoms with E-state index < -0.39 is 0 Å². The highest BCUT2D eigenvalue weighted by Gasteiger charge is 2.15. The number of nitrogens with zero attached hydrogens (tertiary/aromatic N) is 6. The summed E-state index contributed by atoms with van der Waals surface area (Å²) in [6, 6.07) is 13.5. The number of rotatable bonds is 4. The fourth-order valence-electron chi connectivity index (χ4n) is 3.01. The summed E-state index contributed by atoms with van der Waals surface area (Å²) in [5.41, 5.74) is 3.77. The lowest BCUT2D eigenvalue weighted by Crippen LogP contribution is -2.10.